The molecule has 3 aliphatic heterocycles. The van der Waals surface area contributed by atoms with E-state index in [0.717, 1.165) is 123 Å². The summed E-state index contributed by atoms with van der Waals surface area (Å²) >= 11 is 3.67. The van der Waals surface area contributed by atoms with Crippen LogP contribution in [0.3, 0.4) is 0 Å². The Hall–Kier alpha value is -17.2. The van der Waals surface area contributed by atoms with Crippen LogP contribution in [0.4, 0.5) is 52.0 Å². The maximum Gasteiger partial charge on any atom is 0.235 e. The van der Waals surface area contributed by atoms with Crippen LogP contribution in [0, 0.1) is 0 Å². The van der Waals surface area contributed by atoms with Crippen LogP contribution in [0.1, 0.15) is 0 Å². The minimum atomic E-state index is 0.630. The normalized spacial score (nSPS) is 12.5. The molecule has 0 atom stereocenters. The number of para-hydroxylation sites is 5. The van der Waals surface area contributed by atoms with Gasteiger partial charge >= 0.3 is 0 Å². The van der Waals surface area contributed by atoms with Crippen molar-refractivity contribution in [2.24, 2.45) is 0 Å². The van der Waals surface area contributed by atoms with Crippen molar-refractivity contribution in [3.8, 4) is 67.2 Å². The summed E-state index contributed by atoms with van der Waals surface area (Å²) in [7, 11) is 0. The highest BCUT2D eigenvalue weighted by atomic mass is 32.1. The molecule has 132 heavy (non-hydrogen) atoms. The summed E-state index contributed by atoms with van der Waals surface area (Å²) in [6.07, 6.45) is 0. The van der Waals surface area contributed by atoms with Crippen molar-refractivity contribution in [2.75, 3.05) is 14.7 Å². The van der Waals surface area contributed by atoms with E-state index in [1.807, 2.05) is 46.9 Å². The zero-order valence-corrected chi connectivity index (χ0v) is 72.2. The Morgan fingerprint density at radius 1 is 0.197 bits per heavy atom. The fraction of sp³-hybridized carbons (Fsp3) is 0. The van der Waals surface area contributed by atoms with Crippen LogP contribution in [0.25, 0.3) is 227 Å². The third kappa shape index (κ3) is 11.3. The zero-order valence-electron chi connectivity index (χ0n) is 70.6. The number of furan rings is 1. The molecule has 0 unspecified atom stereocenters. The Balaban J connectivity index is 0.0000000991. The second-order valence-corrected chi connectivity index (χ2v) is 36.3. The smallest absolute Gasteiger partial charge is 0.235 e. The molecule has 0 aliphatic carbocycles. The summed E-state index contributed by atoms with van der Waals surface area (Å²) in [5.41, 5.74) is 24.2. The Bertz CT molecular complexity index is 9620. The molecule has 0 spiro atoms. The monoisotopic (exact) mass is 1720 g/mol. The van der Waals surface area contributed by atoms with Crippen molar-refractivity contribution in [3.63, 3.8) is 0 Å². The van der Waals surface area contributed by atoms with Crippen molar-refractivity contribution < 1.29 is 4.42 Å². The second kappa shape index (κ2) is 29.2. The zero-order chi connectivity index (χ0) is 86.3. The second-order valence-electron chi connectivity index (χ2n) is 34.1. The van der Waals surface area contributed by atoms with Crippen LogP contribution in [0.2, 0.25) is 0 Å². The molecule has 27 aromatic rings. The lowest BCUT2D eigenvalue weighted by atomic mass is 9.88. The van der Waals surface area contributed by atoms with Gasteiger partial charge in [-0.2, -0.15) is 0 Å². The molecule has 9 heterocycles. The fourth-order valence-electron chi connectivity index (χ4n) is 21.3. The van der Waals surface area contributed by atoms with Gasteiger partial charge in [0.25, 0.3) is 0 Å². The molecule has 0 saturated heterocycles. The lowest BCUT2D eigenvalue weighted by Gasteiger charge is -2.33. The third-order valence-electron chi connectivity index (χ3n) is 27.0. The minimum absolute atomic E-state index is 0.630. The first-order valence-corrected chi connectivity index (χ1v) is 46.2. The van der Waals surface area contributed by atoms with Crippen LogP contribution < -0.4 is 14.7 Å². The van der Waals surface area contributed by atoms with Gasteiger partial charge in [-0.1, -0.05) is 322 Å². The summed E-state index contributed by atoms with van der Waals surface area (Å²) in [6.45, 7) is 0. The summed E-state index contributed by atoms with van der Waals surface area (Å²) in [6, 6.07) is 149. The van der Waals surface area contributed by atoms with E-state index < -0.39 is 0 Å². The summed E-state index contributed by atoms with van der Waals surface area (Å²) in [5, 5.41) is 24.9. The highest BCUT2D eigenvalue weighted by Crippen LogP contribution is 2.58. The molecule has 612 valence electrons. The number of hydrogen-bond acceptors (Lipinski definition) is 12. The van der Waals surface area contributed by atoms with Crippen LogP contribution in [0.5, 0.6) is 0 Å². The molecule has 0 radical (unpaired) electrons. The van der Waals surface area contributed by atoms with E-state index in [0.29, 0.717) is 17.8 Å². The topological polar surface area (TPSA) is 100 Å². The molecule has 0 amide bonds. The molecule has 21 aromatic carbocycles. The van der Waals surface area contributed by atoms with E-state index in [4.69, 9.17) is 34.3 Å². The number of benzene rings is 21. The van der Waals surface area contributed by atoms with E-state index >= 15 is 0 Å². The minimum Gasteiger partial charge on any atom is -0.455 e. The van der Waals surface area contributed by atoms with Gasteiger partial charge in [0.1, 0.15) is 11.2 Å². The molecule has 0 fully saturated rings. The van der Waals surface area contributed by atoms with E-state index in [1.165, 1.54) is 138 Å². The predicted molar refractivity (Wildman–Crippen MR) is 554 cm³/mol. The van der Waals surface area contributed by atoms with Gasteiger partial charge in [-0.25, -0.2) is 29.9 Å². The van der Waals surface area contributed by atoms with Crippen molar-refractivity contribution >= 4 is 234 Å². The van der Waals surface area contributed by atoms with Gasteiger partial charge in [0.05, 0.1) is 67.8 Å². The van der Waals surface area contributed by atoms with Gasteiger partial charge in [-0.3, -0.25) is 14.7 Å². The fourth-order valence-corrected chi connectivity index (χ4v) is 23.5. The van der Waals surface area contributed by atoms with Gasteiger partial charge in [-0.05, 0) is 162 Å². The van der Waals surface area contributed by atoms with Crippen LogP contribution >= 0.6 is 22.7 Å². The van der Waals surface area contributed by atoms with Gasteiger partial charge in [0, 0.05) is 117 Å². The van der Waals surface area contributed by atoms with Gasteiger partial charge in [-0.15, -0.1) is 22.7 Å². The van der Waals surface area contributed by atoms with E-state index in [-0.39, 0.29) is 0 Å². The average molecular weight is 1720 g/mol. The quantitative estimate of drug-likeness (QED) is 0.160. The van der Waals surface area contributed by atoms with Gasteiger partial charge < -0.3 is 4.42 Å². The first-order chi connectivity index (χ1) is 65.5. The molecule has 12 heteroatoms. The Morgan fingerprint density at radius 2 is 0.538 bits per heavy atom. The SMILES string of the molecule is c1ccc2c3c(ccc2c1)N(c1nc(-c2ccc4sc5ccccc5c4c2)c2ccccc2n1)c1cccc2cccc-3c12.c1ccc2c3c(ccc2c1)N(c1nc(-c2cccc4c2oc2ccccc24)c2ccccc2n1)c1cccc2cccc-3c12.c1ccc2c3c(ccc2c1)N(c1nc(-c2cccc4sc5ccccc5c24)c2ccccc2n1)c1cccc2cccc-3c12. The lowest BCUT2D eigenvalue weighted by molar-refractivity contribution is 0.670. The van der Waals surface area contributed by atoms with Crippen LogP contribution in [0.15, 0.2) is 423 Å². The van der Waals surface area contributed by atoms with Gasteiger partial charge in [0.2, 0.25) is 17.8 Å². The third-order valence-corrected chi connectivity index (χ3v) is 29.3. The molecular formula is C120H69N9OS2. The Labute approximate surface area is 763 Å². The molecule has 6 aromatic heterocycles. The predicted octanol–water partition coefficient (Wildman–Crippen LogP) is 33.8. The van der Waals surface area contributed by atoms with Crippen LogP contribution in [-0.4, -0.2) is 29.9 Å². The number of rotatable bonds is 6. The molecule has 0 saturated carbocycles. The van der Waals surface area contributed by atoms with Crippen LogP contribution in [-0.2, 0) is 0 Å². The van der Waals surface area contributed by atoms with Gasteiger partial charge in [0.15, 0.2) is 0 Å². The summed E-state index contributed by atoms with van der Waals surface area (Å²) in [4.78, 5) is 38.9. The summed E-state index contributed by atoms with van der Waals surface area (Å²) in [5.74, 6) is 1.98. The standard InChI is InChI=1S/C40H23N3O.2C40H23N3S/c1-2-13-26-24(10-1)22-23-34-37(26)30-17-7-11-25-12-8-20-33(36(25)30)43(34)40-41-32-19-5-3-15-29(32)38(42-40)31-18-9-16-28-27-14-4-6-21-35(27)44-39(28)31;1-2-13-26-24(10-1)22-23-33-37(26)29-16-7-11-25-12-8-19-32(36(25)29)43(33)40-41-31-18-5-3-14-27(31)39(42-40)30-17-9-21-35-38(30)28-15-4-6-20-34(28)44-35;1-2-12-27-24(9-1)19-21-34-38(27)30-15-7-10-25-11-8-17-33(37(25)30)43(34)40-41-32-16-5-3-14-29(32)39(42-40)26-20-22-36-31(23-26)28-13-4-6-18-35(28)44-36/h3*1-23H. The average Bonchev–Trinajstić information content (AvgIpc) is 0.857. The first-order valence-electron chi connectivity index (χ1n) is 44.5. The van der Waals surface area contributed by atoms with E-state index in [9.17, 15) is 0 Å². The summed E-state index contributed by atoms with van der Waals surface area (Å²) < 4.78 is 11.6. The Kier molecular flexibility index (Phi) is 16.4. The van der Waals surface area contributed by atoms with Crippen molar-refractivity contribution in [2.45, 2.75) is 0 Å². The highest BCUT2D eigenvalue weighted by Gasteiger charge is 2.35. The maximum absolute atomic E-state index is 6.50. The van der Waals surface area contributed by atoms with Crippen molar-refractivity contribution in [3.05, 3.63) is 419 Å². The number of hydrogen-bond donors (Lipinski definition) is 0. The number of anilines is 9. The Morgan fingerprint density at radius 3 is 1.05 bits per heavy atom. The first kappa shape index (κ1) is 74.0. The highest BCUT2D eigenvalue weighted by molar-refractivity contribution is 7.26. The van der Waals surface area contributed by atoms with E-state index in [1.54, 1.807) is 0 Å². The molecule has 30 rings (SSSR count). The lowest BCUT2D eigenvalue weighted by Crippen LogP contribution is -2.18. The molecule has 0 N–H and O–H groups in total. The largest absolute Gasteiger partial charge is 0.455 e. The number of thiophene rings is 2. The van der Waals surface area contributed by atoms with Crippen molar-refractivity contribution in [1.82, 2.24) is 29.9 Å². The number of fused-ring (bicyclic) bond motifs is 24. The molecule has 3 aliphatic rings. The number of aromatic nitrogens is 6. The molecule has 10 nitrogen and oxygen atoms in total. The van der Waals surface area contributed by atoms with E-state index in [2.05, 4.69) is 409 Å². The molecular weight excluding hydrogens is 1650 g/mol. The van der Waals surface area contributed by atoms with Crippen molar-refractivity contribution in [1.29, 1.82) is 0 Å². The maximum atomic E-state index is 6.50. The number of nitrogens with zero attached hydrogens (tertiary/aromatic N) is 9. The molecule has 0 bridgehead atoms.